The van der Waals surface area contributed by atoms with Crippen molar-refractivity contribution in [1.82, 2.24) is 14.8 Å². The topological polar surface area (TPSA) is 92.8 Å². The van der Waals surface area contributed by atoms with E-state index in [1.165, 1.54) is 12.1 Å². The number of ether oxygens (including phenoxy) is 1. The maximum atomic E-state index is 13.8. The minimum atomic E-state index is -1.25. The molecule has 0 aliphatic carbocycles. The number of hydrogen-bond acceptors (Lipinski definition) is 5. The van der Waals surface area contributed by atoms with Crippen LogP contribution in [0.3, 0.4) is 0 Å². The number of carbonyl (C=O) groups excluding carboxylic acids is 1. The van der Waals surface area contributed by atoms with Crippen LogP contribution in [0.5, 0.6) is 0 Å². The fraction of sp³-hybridized carbons (Fsp3) is 0.250. The highest BCUT2D eigenvalue weighted by Crippen LogP contribution is 2.22. The van der Waals surface area contributed by atoms with Gasteiger partial charge in [-0.2, -0.15) is 10.4 Å². The Hall–Kier alpha value is -3.68. The lowest BCUT2D eigenvalue weighted by atomic mass is 10.1. The monoisotopic (exact) mass is 481 g/mol. The van der Waals surface area contributed by atoms with Crippen molar-refractivity contribution in [2.45, 2.75) is 32.4 Å². The average molecular weight is 482 g/mol. The molecule has 0 aliphatic rings. The highest BCUT2D eigenvalue weighted by Gasteiger charge is 2.15. The number of nitrogens with zero attached hydrogens (tertiary/aromatic N) is 4. The minimum absolute atomic E-state index is 0.116. The molecule has 34 heavy (non-hydrogen) atoms. The first kappa shape index (κ1) is 24.9. The van der Waals surface area contributed by atoms with Gasteiger partial charge >= 0.3 is 0 Å². The molecule has 3 aromatic rings. The van der Waals surface area contributed by atoms with Crippen LogP contribution >= 0.6 is 0 Å². The van der Waals surface area contributed by atoms with Crippen LogP contribution in [0.15, 0.2) is 48.8 Å². The van der Waals surface area contributed by atoms with Gasteiger partial charge in [0.2, 0.25) is 5.91 Å². The molecule has 0 saturated heterocycles. The first-order valence-electron chi connectivity index (χ1n) is 10.6. The van der Waals surface area contributed by atoms with Crippen molar-refractivity contribution in [2.24, 2.45) is 0 Å². The van der Waals surface area contributed by atoms with Crippen molar-refractivity contribution < 1.29 is 18.3 Å². The summed E-state index contributed by atoms with van der Waals surface area (Å²) in [4.78, 5) is 16.5. The van der Waals surface area contributed by atoms with Gasteiger partial charge in [0.1, 0.15) is 35.8 Å². The van der Waals surface area contributed by atoms with Gasteiger partial charge in [-0.3, -0.25) is 9.78 Å². The van der Waals surface area contributed by atoms with Crippen molar-refractivity contribution in [2.75, 3.05) is 11.9 Å². The molecule has 1 aromatic carbocycles. The molecule has 0 saturated carbocycles. The van der Waals surface area contributed by atoms with Gasteiger partial charge in [0, 0.05) is 44.8 Å². The molecule has 7 nitrogen and oxygen atoms in total. The summed E-state index contributed by atoms with van der Waals surface area (Å²) in [5, 5.41) is 16.0. The van der Waals surface area contributed by atoms with Crippen LogP contribution in [0.4, 0.5) is 14.6 Å². The molecule has 0 atom stereocenters. The van der Waals surface area contributed by atoms with Crippen molar-refractivity contribution in [3.63, 3.8) is 0 Å². The number of nitriles is 1. The first-order chi connectivity index (χ1) is 16.2. The van der Waals surface area contributed by atoms with Gasteiger partial charge in [0.25, 0.3) is 0 Å². The molecule has 10 heteroatoms. The summed E-state index contributed by atoms with van der Waals surface area (Å²) in [6.45, 7) is 7.52. The molecular formula is C24H25F2N5O2Si. The van der Waals surface area contributed by atoms with E-state index in [1.54, 1.807) is 35.3 Å². The molecule has 0 spiro atoms. The molecule has 176 valence electrons. The highest BCUT2D eigenvalue weighted by atomic mass is 28.3. The minimum Gasteiger partial charge on any atom is -0.359 e. The number of benzene rings is 1. The SMILES string of the molecule is C[Si](C)(C)CCOCn1nc(-c2ccncc2)cc1NC(=O)C=Cc1cc(F)c(C#N)c(F)c1. The predicted molar refractivity (Wildman–Crippen MR) is 128 cm³/mol. The Bertz CT molecular complexity index is 1210. The summed E-state index contributed by atoms with van der Waals surface area (Å²) in [7, 11) is -1.25. The Morgan fingerprint density at radius 1 is 1.21 bits per heavy atom. The molecule has 3 rings (SSSR count). The van der Waals surface area contributed by atoms with E-state index in [2.05, 4.69) is 35.0 Å². The summed E-state index contributed by atoms with van der Waals surface area (Å²) >= 11 is 0. The second-order valence-corrected chi connectivity index (χ2v) is 14.4. The number of amides is 1. The lowest BCUT2D eigenvalue weighted by Crippen LogP contribution is -2.22. The van der Waals surface area contributed by atoms with E-state index in [9.17, 15) is 13.6 Å². The summed E-state index contributed by atoms with van der Waals surface area (Å²) in [5.74, 6) is -2.09. The number of rotatable bonds is 9. The van der Waals surface area contributed by atoms with E-state index in [0.717, 1.165) is 29.8 Å². The van der Waals surface area contributed by atoms with Gasteiger partial charge in [-0.1, -0.05) is 19.6 Å². The molecule has 2 heterocycles. The standard InChI is InChI=1S/C24H25F2N5O2Si/c1-34(2,3)11-10-33-16-31-23(14-22(30-31)18-6-8-28-9-7-18)29-24(32)5-4-17-12-20(25)19(15-27)21(26)13-17/h4-9,12-14H,10-11,16H2,1-3H3,(H,29,32). The quantitative estimate of drug-likeness (QED) is 0.262. The number of hydrogen-bond donors (Lipinski definition) is 1. The summed E-state index contributed by atoms with van der Waals surface area (Å²) < 4.78 is 34.9. The zero-order chi connectivity index (χ0) is 24.7. The highest BCUT2D eigenvalue weighted by molar-refractivity contribution is 6.76. The molecule has 0 fully saturated rings. The first-order valence-corrected chi connectivity index (χ1v) is 14.3. The zero-order valence-corrected chi connectivity index (χ0v) is 20.2. The second kappa shape index (κ2) is 11.0. The number of pyridine rings is 1. The Labute approximate surface area is 197 Å². The summed E-state index contributed by atoms with van der Waals surface area (Å²) in [5.41, 5.74) is 0.908. The van der Waals surface area contributed by atoms with Crippen LogP contribution in [0, 0.1) is 23.0 Å². The van der Waals surface area contributed by atoms with E-state index in [0.29, 0.717) is 18.1 Å². The maximum Gasteiger partial charge on any atom is 0.249 e. The summed E-state index contributed by atoms with van der Waals surface area (Å²) in [6, 6.07) is 9.76. The Morgan fingerprint density at radius 2 is 1.88 bits per heavy atom. The molecule has 0 unspecified atom stereocenters. The molecule has 1 N–H and O–H groups in total. The third kappa shape index (κ3) is 6.91. The van der Waals surface area contributed by atoms with Gasteiger partial charge in [-0.05, 0) is 41.9 Å². The molecule has 2 aromatic heterocycles. The van der Waals surface area contributed by atoms with Gasteiger partial charge in [-0.25, -0.2) is 13.5 Å². The van der Waals surface area contributed by atoms with Crippen LogP contribution < -0.4 is 5.32 Å². The van der Waals surface area contributed by atoms with Crippen LogP contribution in [0.2, 0.25) is 25.7 Å². The number of nitrogens with one attached hydrogen (secondary N) is 1. The largest absolute Gasteiger partial charge is 0.359 e. The summed E-state index contributed by atoms with van der Waals surface area (Å²) in [6.07, 6.45) is 5.71. The fourth-order valence-corrected chi connectivity index (χ4v) is 3.70. The fourth-order valence-electron chi connectivity index (χ4n) is 2.94. The Balaban J connectivity index is 1.76. The molecular weight excluding hydrogens is 456 g/mol. The second-order valence-electron chi connectivity index (χ2n) is 8.79. The van der Waals surface area contributed by atoms with E-state index in [1.807, 2.05) is 0 Å². The van der Waals surface area contributed by atoms with Gasteiger partial charge in [0.15, 0.2) is 0 Å². The average Bonchev–Trinajstić information content (AvgIpc) is 3.17. The lowest BCUT2D eigenvalue weighted by Gasteiger charge is -2.15. The van der Waals surface area contributed by atoms with Crippen LogP contribution in [-0.4, -0.2) is 35.4 Å². The predicted octanol–water partition coefficient (Wildman–Crippen LogP) is 5.06. The number of carbonyl (C=O) groups is 1. The van der Waals surface area contributed by atoms with Gasteiger partial charge in [0.05, 0.1) is 5.69 Å². The van der Waals surface area contributed by atoms with Gasteiger partial charge < -0.3 is 10.1 Å². The third-order valence-electron chi connectivity index (χ3n) is 4.82. The number of halogens is 2. The van der Waals surface area contributed by atoms with Gasteiger partial charge in [-0.15, -0.1) is 0 Å². The van der Waals surface area contributed by atoms with Crippen LogP contribution in [0.1, 0.15) is 11.1 Å². The van der Waals surface area contributed by atoms with E-state index >= 15 is 0 Å². The van der Waals surface area contributed by atoms with E-state index in [4.69, 9.17) is 10.00 Å². The number of aromatic nitrogens is 3. The molecule has 0 bridgehead atoms. The number of anilines is 1. The van der Waals surface area contributed by atoms with Crippen molar-refractivity contribution >= 4 is 25.9 Å². The smallest absolute Gasteiger partial charge is 0.249 e. The van der Waals surface area contributed by atoms with Crippen LogP contribution in [-0.2, 0) is 16.3 Å². The molecule has 0 radical (unpaired) electrons. The van der Waals surface area contributed by atoms with Crippen LogP contribution in [0.25, 0.3) is 17.3 Å². The molecule has 0 aliphatic heterocycles. The Morgan fingerprint density at radius 3 is 2.50 bits per heavy atom. The van der Waals surface area contributed by atoms with E-state index in [-0.39, 0.29) is 12.3 Å². The van der Waals surface area contributed by atoms with Crippen molar-refractivity contribution in [3.05, 3.63) is 71.6 Å². The van der Waals surface area contributed by atoms with E-state index < -0.39 is 31.2 Å². The molecule has 1 amide bonds. The lowest BCUT2D eigenvalue weighted by molar-refractivity contribution is -0.111. The Kier molecular flexibility index (Phi) is 8.04. The maximum absolute atomic E-state index is 13.8. The van der Waals surface area contributed by atoms with Crippen molar-refractivity contribution in [1.29, 1.82) is 5.26 Å². The van der Waals surface area contributed by atoms with Crippen molar-refractivity contribution in [3.8, 4) is 17.3 Å². The normalized spacial score (nSPS) is 11.5. The third-order valence-corrected chi connectivity index (χ3v) is 6.52. The zero-order valence-electron chi connectivity index (χ0n) is 19.2.